The molecule has 0 aliphatic rings. The fraction of sp³-hybridized carbons (Fsp3) is 0.764. The summed E-state index contributed by atoms with van der Waals surface area (Å²) in [4.78, 5) is 9.80. The fourth-order valence-electron chi connectivity index (χ4n) is 8.54. The third-order valence-electron chi connectivity index (χ3n) is 12.4. The Labute approximate surface area is 373 Å². The molecule has 0 N–H and O–H groups in total. The molecule has 2 aromatic heterocycles. The molecule has 342 valence electrons. The minimum absolute atomic E-state index is 1.08. The van der Waals surface area contributed by atoms with Gasteiger partial charge in [0, 0.05) is 38.1 Å². The summed E-state index contributed by atoms with van der Waals surface area (Å²) < 4.78 is 4.64. The van der Waals surface area contributed by atoms with Gasteiger partial charge in [0.15, 0.2) is 24.8 Å². The van der Waals surface area contributed by atoms with Crippen molar-refractivity contribution in [1.29, 1.82) is 0 Å². The van der Waals surface area contributed by atoms with Crippen LogP contribution in [-0.2, 0) is 13.1 Å². The van der Waals surface area contributed by atoms with Crippen molar-refractivity contribution in [3.05, 3.63) is 79.7 Å². The van der Waals surface area contributed by atoms with Crippen molar-refractivity contribution in [2.75, 3.05) is 39.3 Å². The molecule has 0 radical (unpaired) electrons. The number of aromatic nitrogens is 3. The maximum absolute atomic E-state index is 4.21. The van der Waals surface area contributed by atoms with Crippen LogP contribution in [0.25, 0.3) is 0 Å². The molecule has 0 aliphatic heterocycles. The van der Waals surface area contributed by atoms with Crippen LogP contribution in [0.1, 0.15) is 219 Å². The van der Waals surface area contributed by atoms with Crippen LogP contribution in [-0.4, -0.2) is 54.1 Å². The van der Waals surface area contributed by atoms with Crippen molar-refractivity contribution >= 4 is 0 Å². The lowest BCUT2D eigenvalue weighted by atomic mass is 10.1. The number of rotatable bonds is 45. The quantitative estimate of drug-likeness (QED) is 0.0378. The molecule has 0 aromatic carbocycles. The molecular weight excluding hydrogens is 731 g/mol. The monoisotopic (exact) mass is 830 g/mol. The van der Waals surface area contributed by atoms with E-state index in [4.69, 9.17) is 0 Å². The van der Waals surface area contributed by atoms with Crippen molar-refractivity contribution < 1.29 is 9.13 Å². The summed E-state index contributed by atoms with van der Waals surface area (Å²) in [5, 5.41) is 0. The van der Waals surface area contributed by atoms with Gasteiger partial charge in [-0.3, -0.25) is 4.98 Å². The number of unbranched alkanes of at least 4 members (excludes halogenated alkanes) is 25. The molecule has 0 saturated carbocycles. The lowest BCUT2D eigenvalue weighted by Crippen LogP contribution is -2.36. The molecule has 5 nitrogen and oxygen atoms in total. The molecule has 0 atom stereocenters. The molecule has 2 heterocycles. The Hall–Kier alpha value is -2.37. The average Bonchev–Trinajstić information content (AvgIpc) is 3.27. The van der Waals surface area contributed by atoms with Gasteiger partial charge in [0.2, 0.25) is 0 Å². The van der Waals surface area contributed by atoms with E-state index in [1.165, 1.54) is 245 Å². The van der Waals surface area contributed by atoms with Crippen LogP contribution in [0.2, 0.25) is 0 Å². The first-order valence-electron chi connectivity index (χ1n) is 26.3. The van der Waals surface area contributed by atoms with Gasteiger partial charge in [-0.15, -0.1) is 0 Å². The Morgan fingerprint density at radius 1 is 0.333 bits per heavy atom. The van der Waals surface area contributed by atoms with E-state index in [-0.39, 0.29) is 0 Å². The van der Waals surface area contributed by atoms with E-state index in [0.29, 0.717) is 0 Å². The number of aryl methyl sites for hydroxylation is 2. The first kappa shape index (κ1) is 53.8. The van der Waals surface area contributed by atoms with Crippen molar-refractivity contribution in [3.8, 4) is 0 Å². The summed E-state index contributed by atoms with van der Waals surface area (Å²) in [6.07, 6.45) is 65.9. The second-order valence-corrected chi connectivity index (χ2v) is 18.1. The Morgan fingerprint density at radius 2 is 0.633 bits per heavy atom. The number of hydrogen-bond acceptors (Lipinski definition) is 3. The van der Waals surface area contributed by atoms with Gasteiger partial charge in [0.05, 0.1) is 12.4 Å². The van der Waals surface area contributed by atoms with Crippen LogP contribution >= 0.6 is 0 Å². The van der Waals surface area contributed by atoms with Gasteiger partial charge < -0.3 is 9.80 Å². The second kappa shape index (κ2) is 43.3. The molecule has 0 saturated heterocycles. The first-order chi connectivity index (χ1) is 29.8. The van der Waals surface area contributed by atoms with Gasteiger partial charge >= 0.3 is 0 Å². The number of hydrogen-bond donors (Lipinski definition) is 0. The van der Waals surface area contributed by atoms with Crippen LogP contribution in [0.4, 0.5) is 0 Å². The van der Waals surface area contributed by atoms with Gasteiger partial charge in [0.25, 0.3) is 0 Å². The molecule has 0 amide bonds. The SMILES string of the molecule is CCCCCCCCC=CCCCCCCCCN(CCCCN(CCCCCCCCC=CCCCCCCCC)CCC[n+]1ccncc1)CCC[n+]1ccccc1. The molecule has 0 aliphatic carbocycles. The fourth-order valence-corrected chi connectivity index (χ4v) is 8.54. The predicted molar refractivity (Wildman–Crippen MR) is 261 cm³/mol. The topological polar surface area (TPSA) is 27.1 Å². The highest BCUT2D eigenvalue weighted by Gasteiger charge is 2.10. The number of pyridine rings is 1. The second-order valence-electron chi connectivity index (χ2n) is 18.1. The first-order valence-corrected chi connectivity index (χ1v) is 26.3. The molecule has 5 heteroatoms. The Morgan fingerprint density at radius 3 is 1.02 bits per heavy atom. The summed E-state index contributed by atoms with van der Waals surface area (Å²) >= 11 is 0. The lowest BCUT2D eigenvalue weighted by Gasteiger charge is -2.24. The third kappa shape index (κ3) is 35.2. The minimum atomic E-state index is 1.08. The zero-order valence-electron chi connectivity index (χ0n) is 40.0. The summed E-state index contributed by atoms with van der Waals surface area (Å²) in [5.74, 6) is 0. The molecule has 0 bridgehead atoms. The lowest BCUT2D eigenvalue weighted by molar-refractivity contribution is -0.697. The summed E-state index contributed by atoms with van der Waals surface area (Å²) in [6.45, 7) is 14.2. The average molecular weight is 830 g/mol. The van der Waals surface area contributed by atoms with Gasteiger partial charge in [-0.1, -0.05) is 160 Å². The zero-order chi connectivity index (χ0) is 42.5. The Bertz CT molecular complexity index is 1090. The normalized spacial score (nSPS) is 12.0. The summed E-state index contributed by atoms with van der Waals surface area (Å²) in [5.41, 5.74) is 0. The predicted octanol–water partition coefficient (Wildman–Crippen LogP) is 14.6. The van der Waals surface area contributed by atoms with Crippen molar-refractivity contribution in [3.63, 3.8) is 0 Å². The van der Waals surface area contributed by atoms with Gasteiger partial charge in [0.1, 0.15) is 13.1 Å². The molecule has 60 heavy (non-hydrogen) atoms. The van der Waals surface area contributed by atoms with Crippen LogP contribution < -0.4 is 9.13 Å². The van der Waals surface area contributed by atoms with E-state index in [9.17, 15) is 0 Å². The number of allylic oxidation sites excluding steroid dienone is 4. The van der Waals surface area contributed by atoms with E-state index < -0.39 is 0 Å². The van der Waals surface area contributed by atoms with E-state index in [1.807, 2.05) is 12.4 Å². The maximum atomic E-state index is 4.21. The van der Waals surface area contributed by atoms with Gasteiger partial charge in [-0.25, -0.2) is 9.13 Å². The van der Waals surface area contributed by atoms with Crippen molar-refractivity contribution in [1.82, 2.24) is 14.8 Å². The molecule has 2 rings (SSSR count). The van der Waals surface area contributed by atoms with Crippen molar-refractivity contribution in [2.45, 2.75) is 232 Å². The molecule has 0 unspecified atom stereocenters. The van der Waals surface area contributed by atoms with E-state index in [0.717, 1.165) is 13.1 Å². The third-order valence-corrected chi connectivity index (χ3v) is 12.4. The summed E-state index contributed by atoms with van der Waals surface area (Å²) in [7, 11) is 0. The highest BCUT2D eigenvalue weighted by atomic mass is 15.1. The zero-order valence-corrected chi connectivity index (χ0v) is 40.0. The van der Waals surface area contributed by atoms with Crippen molar-refractivity contribution in [2.24, 2.45) is 0 Å². The largest absolute Gasteiger partial charge is 0.303 e. The Kier molecular flexibility index (Phi) is 38.8. The Balaban J connectivity index is 1.65. The van der Waals surface area contributed by atoms with Crippen LogP contribution in [0.3, 0.4) is 0 Å². The maximum Gasteiger partial charge on any atom is 0.187 e. The van der Waals surface area contributed by atoms with E-state index >= 15 is 0 Å². The molecule has 2 aromatic rings. The summed E-state index contributed by atoms with van der Waals surface area (Å²) in [6, 6.07) is 6.43. The highest BCUT2D eigenvalue weighted by Crippen LogP contribution is 2.13. The smallest absolute Gasteiger partial charge is 0.187 e. The van der Waals surface area contributed by atoms with E-state index in [2.05, 4.69) is 105 Å². The van der Waals surface area contributed by atoms with Crippen LogP contribution in [0.15, 0.2) is 79.7 Å². The standard InChI is InChI=1S/C55H99N5/c1-3-5-7-9-11-13-15-17-19-21-23-25-27-29-31-34-44-58(51-40-50-57-46-36-33-37-47-57)48-38-39-49-59(52-41-53-60-54-42-56-43-55-60)45-35-32-30-28-26-24-22-20-18-16-14-12-10-8-6-4-2/h17-20,33,36-37,42-43,46-47,54-55H,3-16,21-32,34-35,38-41,44-45,48-53H2,1-2H3/q+2. The van der Waals surface area contributed by atoms with Crippen LogP contribution in [0.5, 0.6) is 0 Å². The van der Waals surface area contributed by atoms with Crippen LogP contribution in [0, 0.1) is 0 Å². The molecular formula is C55H99N5+2. The van der Waals surface area contributed by atoms with Gasteiger partial charge in [-0.05, 0) is 103 Å². The van der Waals surface area contributed by atoms with E-state index in [1.54, 1.807) is 0 Å². The number of nitrogens with zero attached hydrogens (tertiary/aromatic N) is 5. The minimum Gasteiger partial charge on any atom is -0.303 e. The van der Waals surface area contributed by atoms with Gasteiger partial charge in [-0.2, -0.15) is 0 Å². The highest BCUT2D eigenvalue weighted by molar-refractivity contribution is 4.84. The molecule has 0 fully saturated rings. The molecule has 0 spiro atoms.